The van der Waals surface area contributed by atoms with Crippen LogP contribution in [0.3, 0.4) is 0 Å². The van der Waals surface area contributed by atoms with Crippen LogP contribution in [0, 0.1) is 6.92 Å². The number of aromatic nitrogens is 2. The van der Waals surface area contributed by atoms with E-state index in [-0.39, 0.29) is 5.91 Å². The predicted octanol–water partition coefficient (Wildman–Crippen LogP) is 4.86. The quantitative estimate of drug-likeness (QED) is 0.299. The fourth-order valence-corrected chi connectivity index (χ4v) is 4.16. The molecule has 0 aliphatic rings. The molecule has 3 aromatic rings. The van der Waals surface area contributed by atoms with E-state index in [1.54, 1.807) is 12.1 Å². The summed E-state index contributed by atoms with van der Waals surface area (Å²) >= 11 is 6.32. The SMILES string of the molecule is C=CC(=O)Nc1ccc(C)c(Nc2ncc(Cl)c(Nc3ccccc3[P+](C)(C)O)n2)c1. The zero-order chi connectivity index (χ0) is 22.6. The van der Waals surface area contributed by atoms with Crippen molar-refractivity contribution in [3.05, 3.63) is 71.9 Å². The minimum Gasteiger partial charge on any atom is -0.336 e. The Balaban J connectivity index is 1.89. The largest absolute Gasteiger partial charge is 0.336 e. The molecule has 0 spiro atoms. The number of para-hydroxylation sites is 1. The molecule has 4 N–H and O–H groups in total. The molecule has 0 saturated heterocycles. The molecule has 2 aromatic carbocycles. The molecule has 1 amide bonds. The predicted molar refractivity (Wildman–Crippen MR) is 131 cm³/mol. The van der Waals surface area contributed by atoms with E-state index in [0.29, 0.717) is 22.5 Å². The summed E-state index contributed by atoms with van der Waals surface area (Å²) in [5.74, 6) is 0.448. The smallest absolute Gasteiger partial charge is 0.247 e. The van der Waals surface area contributed by atoms with Gasteiger partial charge in [-0.05, 0) is 42.8 Å². The minimum atomic E-state index is -2.26. The van der Waals surface area contributed by atoms with Gasteiger partial charge in [0.05, 0.1) is 25.2 Å². The Bertz CT molecular complexity index is 1130. The van der Waals surface area contributed by atoms with Crippen molar-refractivity contribution in [1.82, 2.24) is 9.97 Å². The van der Waals surface area contributed by atoms with Crippen LogP contribution < -0.4 is 21.3 Å². The highest BCUT2D eigenvalue weighted by Crippen LogP contribution is 2.47. The van der Waals surface area contributed by atoms with Gasteiger partial charge in [-0.15, -0.1) is 0 Å². The van der Waals surface area contributed by atoms with E-state index in [1.807, 2.05) is 50.6 Å². The Hall–Kier alpha value is -2.99. The number of hydrogen-bond donors (Lipinski definition) is 4. The number of nitrogens with zero attached hydrogens (tertiary/aromatic N) is 2. The van der Waals surface area contributed by atoms with Crippen LogP contribution in [0.2, 0.25) is 5.02 Å². The third-order valence-corrected chi connectivity index (χ3v) is 6.27. The summed E-state index contributed by atoms with van der Waals surface area (Å²) in [5.41, 5.74) is 3.04. The second-order valence-corrected chi connectivity index (χ2v) is 11.0. The minimum absolute atomic E-state index is 0.294. The van der Waals surface area contributed by atoms with E-state index < -0.39 is 7.49 Å². The Morgan fingerprint density at radius 2 is 1.90 bits per heavy atom. The topological polar surface area (TPSA) is 99.2 Å². The normalized spacial score (nSPS) is 11.0. The van der Waals surface area contributed by atoms with Gasteiger partial charge >= 0.3 is 0 Å². The van der Waals surface area contributed by atoms with Crippen molar-refractivity contribution in [3.63, 3.8) is 0 Å². The van der Waals surface area contributed by atoms with Gasteiger partial charge < -0.3 is 16.0 Å². The lowest BCUT2D eigenvalue weighted by molar-refractivity contribution is -0.111. The molecule has 1 aromatic heterocycles. The van der Waals surface area contributed by atoms with Crippen molar-refractivity contribution in [3.8, 4) is 0 Å². The monoisotopic (exact) mass is 456 g/mol. The molecule has 0 aliphatic heterocycles. The number of carbonyl (C=O) groups is 1. The van der Waals surface area contributed by atoms with Crippen molar-refractivity contribution in [2.24, 2.45) is 0 Å². The molecular weight excluding hydrogens is 433 g/mol. The van der Waals surface area contributed by atoms with Crippen LogP contribution in [0.5, 0.6) is 0 Å². The number of rotatable bonds is 7. The number of anilines is 5. The van der Waals surface area contributed by atoms with Crippen molar-refractivity contribution >= 4 is 59.1 Å². The Morgan fingerprint density at radius 1 is 1.16 bits per heavy atom. The summed E-state index contributed by atoms with van der Waals surface area (Å²) < 4.78 is 0. The van der Waals surface area contributed by atoms with Gasteiger partial charge in [0, 0.05) is 11.4 Å². The maximum absolute atomic E-state index is 11.6. The molecule has 0 unspecified atom stereocenters. The average molecular weight is 457 g/mol. The zero-order valence-corrected chi connectivity index (χ0v) is 19.1. The van der Waals surface area contributed by atoms with E-state index in [9.17, 15) is 9.69 Å². The Labute approximate surface area is 187 Å². The lowest BCUT2D eigenvalue weighted by Crippen LogP contribution is -2.14. The highest BCUT2D eigenvalue weighted by Gasteiger charge is 2.28. The van der Waals surface area contributed by atoms with Crippen LogP contribution in [0.1, 0.15) is 5.56 Å². The third kappa shape index (κ3) is 5.79. The molecule has 0 fully saturated rings. The lowest BCUT2D eigenvalue weighted by Gasteiger charge is -2.16. The van der Waals surface area contributed by atoms with E-state index >= 15 is 0 Å². The number of amides is 1. The van der Waals surface area contributed by atoms with Crippen molar-refractivity contribution < 1.29 is 9.69 Å². The van der Waals surface area contributed by atoms with Gasteiger partial charge in [0.2, 0.25) is 11.9 Å². The molecule has 0 aliphatic carbocycles. The Kier molecular flexibility index (Phi) is 6.91. The number of nitrogens with one attached hydrogen (secondary N) is 3. The molecule has 7 nitrogen and oxygen atoms in total. The first kappa shape index (κ1) is 22.7. The zero-order valence-electron chi connectivity index (χ0n) is 17.5. The fraction of sp³-hybridized carbons (Fsp3) is 0.136. The lowest BCUT2D eigenvalue weighted by atomic mass is 10.2. The highest BCUT2D eigenvalue weighted by molar-refractivity contribution is 7.76. The van der Waals surface area contributed by atoms with Gasteiger partial charge in [-0.1, -0.05) is 36.4 Å². The number of halogens is 1. The molecule has 1 heterocycles. The van der Waals surface area contributed by atoms with E-state index in [1.165, 1.54) is 12.3 Å². The second-order valence-electron chi connectivity index (χ2n) is 7.27. The summed E-state index contributed by atoms with van der Waals surface area (Å²) in [7, 11) is -2.26. The molecular formula is C22H24ClN5O2P+. The number of aryl methyl sites for hydroxylation is 1. The maximum Gasteiger partial charge on any atom is 0.247 e. The summed E-state index contributed by atoms with van der Waals surface area (Å²) in [4.78, 5) is 30.9. The number of carbonyl (C=O) groups excluding carboxylic acids is 1. The van der Waals surface area contributed by atoms with E-state index in [4.69, 9.17) is 11.6 Å². The van der Waals surface area contributed by atoms with Crippen LogP contribution in [0.25, 0.3) is 0 Å². The van der Waals surface area contributed by atoms with E-state index in [0.717, 1.165) is 22.2 Å². The molecule has 0 saturated carbocycles. The first-order valence-corrected chi connectivity index (χ1v) is 12.5. The van der Waals surface area contributed by atoms with Gasteiger partial charge in [0.25, 0.3) is 0 Å². The first-order valence-electron chi connectivity index (χ1n) is 9.44. The van der Waals surface area contributed by atoms with Crippen LogP contribution in [0.15, 0.2) is 61.3 Å². The maximum atomic E-state index is 11.6. The molecule has 3 rings (SSSR count). The van der Waals surface area contributed by atoms with Crippen molar-refractivity contribution in [1.29, 1.82) is 0 Å². The molecule has 0 bridgehead atoms. The Morgan fingerprint density at radius 3 is 2.61 bits per heavy atom. The summed E-state index contributed by atoms with van der Waals surface area (Å²) in [6.07, 6.45) is 2.71. The van der Waals surface area contributed by atoms with Crippen molar-refractivity contribution in [2.45, 2.75) is 6.92 Å². The average Bonchev–Trinajstić information content (AvgIpc) is 2.72. The molecule has 31 heavy (non-hydrogen) atoms. The standard InChI is InChI=1S/C22H23ClN5O2P/c1-5-20(29)25-15-11-10-14(2)18(12-15)27-22-24-13-16(23)21(28-22)26-17-8-6-7-9-19(17)31(3,4)30/h5-13,30H,1H2,2-4H3,(H2-,24,25,26,27,28,29)/p+1. The van der Waals surface area contributed by atoms with Gasteiger partial charge in [-0.2, -0.15) is 4.98 Å². The highest BCUT2D eigenvalue weighted by atomic mass is 35.5. The van der Waals surface area contributed by atoms with Gasteiger partial charge in [-0.3, -0.25) is 4.79 Å². The van der Waals surface area contributed by atoms with Crippen LogP contribution >= 0.6 is 19.1 Å². The van der Waals surface area contributed by atoms with Crippen molar-refractivity contribution in [2.75, 3.05) is 29.3 Å². The fourth-order valence-electron chi connectivity index (χ4n) is 2.85. The molecule has 0 atom stereocenters. The number of benzene rings is 2. The summed E-state index contributed by atoms with van der Waals surface area (Å²) in [5, 5.41) is 10.3. The molecule has 0 radical (unpaired) electrons. The summed E-state index contributed by atoms with van der Waals surface area (Å²) in [6, 6.07) is 13.0. The third-order valence-electron chi connectivity index (χ3n) is 4.43. The van der Waals surface area contributed by atoms with Crippen LogP contribution in [-0.2, 0) is 4.79 Å². The van der Waals surface area contributed by atoms with Crippen LogP contribution in [-0.4, -0.2) is 34.1 Å². The van der Waals surface area contributed by atoms with Gasteiger partial charge in [0.15, 0.2) is 13.3 Å². The van der Waals surface area contributed by atoms with Gasteiger partial charge in [0.1, 0.15) is 10.3 Å². The number of hydrogen-bond acceptors (Lipinski definition) is 6. The summed E-state index contributed by atoms with van der Waals surface area (Å²) in [6.45, 7) is 9.03. The van der Waals surface area contributed by atoms with E-state index in [2.05, 4.69) is 32.5 Å². The first-order chi connectivity index (χ1) is 14.7. The molecule has 9 heteroatoms. The second kappa shape index (κ2) is 9.43. The van der Waals surface area contributed by atoms with Crippen LogP contribution in [0.4, 0.5) is 28.8 Å². The molecule has 160 valence electrons. The van der Waals surface area contributed by atoms with Gasteiger partial charge in [-0.25, -0.2) is 9.88 Å².